The highest BCUT2D eigenvalue weighted by molar-refractivity contribution is 5.99. The molecule has 0 saturated carbocycles. The van der Waals surface area contributed by atoms with Crippen LogP contribution in [0, 0.1) is 0 Å². The van der Waals surface area contributed by atoms with E-state index in [0.29, 0.717) is 0 Å². The average molecular weight is 495 g/mol. The molecule has 0 aromatic heterocycles. The summed E-state index contributed by atoms with van der Waals surface area (Å²) in [5, 5.41) is 7.31. The highest BCUT2D eigenvalue weighted by Crippen LogP contribution is 2.50. The zero-order valence-corrected chi connectivity index (χ0v) is 20.7. The monoisotopic (exact) mass is 494 g/mol. The number of benzene rings is 5. The van der Waals surface area contributed by atoms with E-state index in [1.807, 2.05) is 60.7 Å². The Labute approximate surface area is 222 Å². The van der Waals surface area contributed by atoms with Gasteiger partial charge >= 0.3 is 0 Å². The molecule has 5 heteroatoms. The predicted octanol–water partition coefficient (Wildman–Crippen LogP) is 7.60. The SMILES string of the molecule is c1ccc(C2=NC(c3ccccc3)NC(c3ccc(N4c5ccccc5Oc5ccccc54)cc3)N2)cc1. The predicted molar refractivity (Wildman–Crippen MR) is 152 cm³/mol. The van der Waals surface area contributed by atoms with Crippen molar-refractivity contribution in [2.75, 3.05) is 4.90 Å². The maximum absolute atomic E-state index is 6.18. The molecule has 5 aromatic rings. The molecule has 0 fully saturated rings. The van der Waals surface area contributed by atoms with Gasteiger partial charge in [-0.1, -0.05) is 97.1 Å². The minimum atomic E-state index is -0.157. The van der Waals surface area contributed by atoms with E-state index in [0.717, 1.165) is 51.1 Å². The zero-order chi connectivity index (χ0) is 25.3. The third kappa shape index (κ3) is 4.09. The van der Waals surface area contributed by atoms with Crippen molar-refractivity contribution >= 4 is 22.9 Å². The maximum Gasteiger partial charge on any atom is 0.151 e. The topological polar surface area (TPSA) is 48.9 Å². The Balaban J connectivity index is 1.24. The van der Waals surface area contributed by atoms with Crippen molar-refractivity contribution in [3.8, 4) is 11.5 Å². The molecule has 2 unspecified atom stereocenters. The van der Waals surface area contributed by atoms with E-state index in [2.05, 4.69) is 88.3 Å². The van der Waals surface area contributed by atoms with Gasteiger partial charge in [-0.3, -0.25) is 5.32 Å². The van der Waals surface area contributed by atoms with Gasteiger partial charge < -0.3 is 15.0 Å². The van der Waals surface area contributed by atoms with Crippen LogP contribution in [0.4, 0.5) is 17.1 Å². The van der Waals surface area contributed by atoms with E-state index in [-0.39, 0.29) is 12.3 Å². The van der Waals surface area contributed by atoms with Crippen LogP contribution in [0.25, 0.3) is 0 Å². The van der Waals surface area contributed by atoms with Crippen molar-refractivity contribution in [2.45, 2.75) is 12.3 Å². The molecule has 184 valence electrons. The quantitative estimate of drug-likeness (QED) is 0.265. The van der Waals surface area contributed by atoms with Crippen LogP contribution in [0.5, 0.6) is 11.5 Å². The Bertz CT molecular complexity index is 1550. The van der Waals surface area contributed by atoms with E-state index in [1.165, 1.54) is 0 Å². The molecule has 7 rings (SSSR count). The molecule has 0 saturated heterocycles. The van der Waals surface area contributed by atoms with Crippen LogP contribution in [-0.4, -0.2) is 5.84 Å². The van der Waals surface area contributed by atoms with Gasteiger partial charge in [-0.25, -0.2) is 4.99 Å². The van der Waals surface area contributed by atoms with Gasteiger partial charge in [-0.15, -0.1) is 0 Å². The molecule has 38 heavy (non-hydrogen) atoms. The highest BCUT2D eigenvalue weighted by Gasteiger charge is 2.27. The lowest BCUT2D eigenvalue weighted by Crippen LogP contribution is -2.44. The first-order valence-corrected chi connectivity index (χ1v) is 12.8. The lowest BCUT2D eigenvalue weighted by molar-refractivity contribution is 0.409. The zero-order valence-electron chi connectivity index (χ0n) is 20.7. The maximum atomic E-state index is 6.18. The summed E-state index contributed by atoms with van der Waals surface area (Å²) < 4.78 is 6.18. The number of para-hydroxylation sites is 4. The third-order valence-corrected chi connectivity index (χ3v) is 6.94. The number of anilines is 3. The number of hydrogen-bond acceptors (Lipinski definition) is 5. The number of rotatable bonds is 4. The summed E-state index contributed by atoms with van der Waals surface area (Å²) in [5.41, 5.74) is 6.45. The van der Waals surface area contributed by atoms with E-state index in [4.69, 9.17) is 9.73 Å². The van der Waals surface area contributed by atoms with Crippen LogP contribution >= 0.6 is 0 Å². The molecule has 2 aliphatic heterocycles. The lowest BCUT2D eigenvalue weighted by atomic mass is 10.1. The van der Waals surface area contributed by atoms with Crippen molar-refractivity contribution < 1.29 is 4.74 Å². The van der Waals surface area contributed by atoms with Crippen molar-refractivity contribution in [3.05, 3.63) is 150 Å². The first-order valence-electron chi connectivity index (χ1n) is 12.8. The molecular weight excluding hydrogens is 468 g/mol. The standard InChI is InChI=1S/C33H26N4O/c1-3-11-23(12-4-1)31-34-32(24-13-5-2-6-14-24)36-33(35-31)25-19-21-26(22-20-25)37-27-15-7-9-17-29(27)38-30-18-10-8-16-28(30)37/h1-22,31,33,35H,(H,34,36). The van der Waals surface area contributed by atoms with E-state index < -0.39 is 0 Å². The highest BCUT2D eigenvalue weighted by atomic mass is 16.5. The normalized spacial score (nSPS) is 17.9. The fourth-order valence-corrected chi connectivity index (χ4v) is 5.08. The summed E-state index contributed by atoms with van der Waals surface area (Å²) in [7, 11) is 0. The second-order valence-electron chi connectivity index (χ2n) is 9.37. The van der Waals surface area contributed by atoms with Gasteiger partial charge in [0.05, 0.1) is 11.4 Å². The Morgan fingerprint density at radius 1 is 0.579 bits per heavy atom. The fraction of sp³-hybridized carbons (Fsp3) is 0.0606. The van der Waals surface area contributed by atoms with Gasteiger partial charge in [-0.2, -0.15) is 0 Å². The molecule has 0 aliphatic carbocycles. The third-order valence-electron chi connectivity index (χ3n) is 6.94. The van der Waals surface area contributed by atoms with Crippen LogP contribution in [0.15, 0.2) is 138 Å². The summed E-state index contributed by atoms with van der Waals surface area (Å²) in [6.07, 6.45) is -0.262. The van der Waals surface area contributed by atoms with Gasteiger partial charge in [0.15, 0.2) is 11.5 Å². The Morgan fingerprint density at radius 3 is 1.82 bits per heavy atom. The minimum Gasteiger partial charge on any atom is -0.453 e. The summed E-state index contributed by atoms with van der Waals surface area (Å²) in [4.78, 5) is 7.26. The van der Waals surface area contributed by atoms with Gasteiger partial charge in [0.1, 0.15) is 18.2 Å². The van der Waals surface area contributed by atoms with Gasteiger partial charge in [0, 0.05) is 11.3 Å². The fourth-order valence-electron chi connectivity index (χ4n) is 5.08. The number of hydrogen-bond donors (Lipinski definition) is 2. The Kier molecular flexibility index (Phi) is 5.61. The number of fused-ring (bicyclic) bond motifs is 2. The van der Waals surface area contributed by atoms with E-state index in [9.17, 15) is 0 Å². The number of ether oxygens (including phenoxy) is 1. The van der Waals surface area contributed by atoms with Crippen LogP contribution in [0.1, 0.15) is 29.0 Å². The van der Waals surface area contributed by atoms with Gasteiger partial charge in [-0.05, 0) is 47.5 Å². The van der Waals surface area contributed by atoms with Gasteiger partial charge in [0.2, 0.25) is 0 Å². The first-order chi connectivity index (χ1) is 18.8. The Morgan fingerprint density at radius 2 is 1.16 bits per heavy atom. The lowest BCUT2D eigenvalue weighted by Gasteiger charge is -2.34. The molecule has 0 bridgehead atoms. The molecular formula is C33H26N4O. The van der Waals surface area contributed by atoms with E-state index in [1.54, 1.807) is 0 Å². The molecule has 2 aliphatic rings. The number of nitrogens with one attached hydrogen (secondary N) is 2. The smallest absolute Gasteiger partial charge is 0.151 e. The van der Waals surface area contributed by atoms with Crippen LogP contribution < -0.4 is 20.3 Å². The molecule has 2 atom stereocenters. The second kappa shape index (κ2) is 9.54. The molecule has 0 radical (unpaired) electrons. The summed E-state index contributed by atoms with van der Waals surface area (Å²) in [5.74, 6) is 2.57. The van der Waals surface area contributed by atoms with Crippen molar-refractivity contribution in [2.24, 2.45) is 4.99 Å². The molecule has 5 aromatic carbocycles. The minimum absolute atomic E-state index is 0.105. The second-order valence-corrected chi connectivity index (χ2v) is 9.37. The molecule has 0 amide bonds. The summed E-state index contributed by atoms with van der Waals surface area (Å²) in [6.45, 7) is 0. The Hall–Kier alpha value is -4.87. The average Bonchev–Trinajstić information content (AvgIpc) is 3.00. The van der Waals surface area contributed by atoms with Gasteiger partial charge in [0.25, 0.3) is 0 Å². The van der Waals surface area contributed by atoms with E-state index >= 15 is 0 Å². The summed E-state index contributed by atoms with van der Waals surface area (Å²) in [6, 6.07) is 45.7. The largest absolute Gasteiger partial charge is 0.453 e. The van der Waals surface area contributed by atoms with Crippen molar-refractivity contribution in [3.63, 3.8) is 0 Å². The molecule has 0 spiro atoms. The van der Waals surface area contributed by atoms with Crippen molar-refractivity contribution in [1.29, 1.82) is 0 Å². The molecule has 2 heterocycles. The first kappa shape index (κ1) is 22.3. The number of amidine groups is 1. The number of aliphatic imine (C=N–C) groups is 1. The van der Waals surface area contributed by atoms with Crippen molar-refractivity contribution in [1.82, 2.24) is 10.6 Å². The van der Waals surface area contributed by atoms with Crippen LogP contribution in [0.3, 0.4) is 0 Å². The number of nitrogens with zero attached hydrogens (tertiary/aromatic N) is 2. The molecule has 5 nitrogen and oxygen atoms in total. The molecule has 2 N–H and O–H groups in total. The van der Waals surface area contributed by atoms with Crippen LogP contribution in [0.2, 0.25) is 0 Å². The summed E-state index contributed by atoms with van der Waals surface area (Å²) >= 11 is 0. The van der Waals surface area contributed by atoms with Crippen LogP contribution in [-0.2, 0) is 0 Å².